The Balaban J connectivity index is 1.72. The van der Waals surface area contributed by atoms with Crippen molar-refractivity contribution in [3.8, 4) is 16.9 Å². The van der Waals surface area contributed by atoms with E-state index in [-0.39, 0.29) is 17.5 Å². The number of aliphatic imine (C=N–C) groups is 1. The highest BCUT2D eigenvalue weighted by Gasteiger charge is 2.50. The number of nitrogens with two attached hydrogens (primary N) is 1. The molecule has 1 amide bonds. The van der Waals surface area contributed by atoms with E-state index in [4.69, 9.17) is 10.5 Å². The first-order chi connectivity index (χ1) is 15.2. The van der Waals surface area contributed by atoms with Gasteiger partial charge in [0.1, 0.15) is 17.2 Å². The molecule has 0 fully saturated rings. The number of ether oxygens (including phenoxy) is 1. The fraction of sp³-hybridized carbons (Fsp3) is 0.240. The zero-order valence-electron chi connectivity index (χ0n) is 18.1. The van der Waals surface area contributed by atoms with Crippen molar-refractivity contribution in [1.29, 1.82) is 0 Å². The molecule has 162 valence electrons. The summed E-state index contributed by atoms with van der Waals surface area (Å²) in [5.41, 5.74) is 7.52. The molecule has 0 saturated carbocycles. The zero-order valence-corrected chi connectivity index (χ0v) is 18.1. The third-order valence-corrected chi connectivity index (χ3v) is 6.08. The van der Waals surface area contributed by atoms with Crippen molar-refractivity contribution in [3.63, 3.8) is 0 Å². The standard InChI is InChI=1S/C25H23FN4O2/c1-24(2)13-16-11-17(7-9-21(16)32-24)25(22(31)30(3)23(27)29-25)18-6-8-20(26)19(12-18)15-5-4-10-28-14-15/h4-12,14H,13H2,1-3H3,(H2,27,29). The number of fused-ring (bicyclic) bond motifs is 1. The van der Waals surface area contributed by atoms with E-state index >= 15 is 0 Å². The van der Waals surface area contributed by atoms with Gasteiger partial charge >= 0.3 is 0 Å². The maximum atomic E-state index is 14.8. The summed E-state index contributed by atoms with van der Waals surface area (Å²) in [6, 6.07) is 13.8. The molecule has 2 aromatic carbocycles. The summed E-state index contributed by atoms with van der Waals surface area (Å²) in [6.45, 7) is 4.04. The molecule has 0 radical (unpaired) electrons. The van der Waals surface area contributed by atoms with E-state index < -0.39 is 11.4 Å². The van der Waals surface area contributed by atoms with E-state index in [1.165, 1.54) is 11.0 Å². The fourth-order valence-electron chi connectivity index (χ4n) is 4.51. The number of nitrogens with zero attached hydrogens (tertiary/aromatic N) is 3. The number of pyridine rings is 1. The van der Waals surface area contributed by atoms with Crippen LogP contribution in [0.2, 0.25) is 0 Å². The van der Waals surface area contributed by atoms with Crippen molar-refractivity contribution in [2.24, 2.45) is 10.7 Å². The molecule has 3 aromatic rings. The molecule has 32 heavy (non-hydrogen) atoms. The lowest BCUT2D eigenvalue weighted by Gasteiger charge is -2.27. The van der Waals surface area contributed by atoms with E-state index in [0.29, 0.717) is 28.7 Å². The lowest BCUT2D eigenvalue weighted by Crippen LogP contribution is -2.41. The molecule has 6 nitrogen and oxygen atoms in total. The molecule has 0 aliphatic carbocycles. The average Bonchev–Trinajstić information content (AvgIpc) is 3.21. The van der Waals surface area contributed by atoms with Crippen LogP contribution in [0.15, 0.2) is 65.9 Å². The van der Waals surface area contributed by atoms with Gasteiger partial charge in [0.2, 0.25) is 0 Å². The second kappa shape index (κ2) is 6.88. The Morgan fingerprint density at radius 2 is 1.88 bits per heavy atom. The SMILES string of the molecule is CN1C(=O)C(c2ccc3c(c2)CC(C)(C)O3)(c2ccc(F)c(-c3cccnc3)c2)N=C1N. The second-order valence-electron chi connectivity index (χ2n) is 8.84. The normalized spacial score (nSPS) is 21.3. The van der Waals surface area contributed by atoms with Crippen LogP contribution >= 0.6 is 0 Å². The number of guanidine groups is 1. The molecule has 5 rings (SSSR count). The molecule has 1 atom stereocenters. The number of likely N-dealkylation sites (N-methyl/N-ethyl adjacent to an activating group) is 1. The van der Waals surface area contributed by atoms with Gasteiger partial charge in [-0.25, -0.2) is 9.38 Å². The van der Waals surface area contributed by atoms with Crippen LogP contribution in [0.1, 0.15) is 30.5 Å². The van der Waals surface area contributed by atoms with Crippen LogP contribution in [-0.4, -0.2) is 34.4 Å². The second-order valence-corrected chi connectivity index (χ2v) is 8.84. The quantitative estimate of drug-likeness (QED) is 0.688. The van der Waals surface area contributed by atoms with Crippen LogP contribution in [0.3, 0.4) is 0 Å². The van der Waals surface area contributed by atoms with Crippen molar-refractivity contribution in [2.45, 2.75) is 31.4 Å². The van der Waals surface area contributed by atoms with Crippen molar-refractivity contribution in [3.05, 3.63) is 83.4 Å². The summed E-state index contributed by atoms with van der Waals surface area (Å²) in [5, 5.41) is 0. The molecule has 2 aliphatic rings. The van der Waals surface area contributed by atoms with Crippen LogP contribution in [0, 0.1) is 5.82 Å². The summed E-state index contributed by atoms with van der Waals surface area (Å²) >= 11 is 0. The van der Waals surface area contributed by atoms with Gasteiger partial charge in [-0.2, -0.15) is 0 Å². The Bertz CT molecular complexity index is 1270. The van der Waals surface area contributed by atoms with E-state index in [2.05, 4.69) is 9.98 Å². The van der Waals surface area contributed by atoms with Crippen molar-refractivity contribution >= 4 is 11.9 Å². The fourth-order valence-corrected chi connectivity index (χ4v) is 4.51. The first-order valence-electron chi connectivity index (χ1n) is 10.4. The van der Waals surface area contributed by atoms with Crippen LogP contribution in [-0.2, 0) is 16.8 Å². The van der Waals surface area contributed by atoms with Crippen molar-refractivity contribution in [2.75, 3.05) is 7.05 Å². The molecular formula is C25H23FN4O2. The van der Waals surface area contributed by atoms with Gasteiger partial charge in [0.25, 0.3) is 5.91 Å². The predicted octanol–water partition coefficient (Wildman–Crippen LogP) is 3.63. The van der Waals surface area contributed by atoms with Gasteiger partial charge in [0.05, 0.1) is 0 Å². The highest BCUT2D eigenvalue weighted by molar-refractivity contribution is 6.09. The number of halogens is 1. The lowest BCUT2D eigenvalue weighted by atomic mass is 9.80. The molecule has 1 unspecified atom stereocenters. The Kier molecular flexibility index (Phi) is 4.34. The minimum absolute atomic E-state index is 0.110. The van der Waals surface area contributed by atoms with Crippen LogP contribution in [0.25, 0.3) is 11.1 Å². The molecule has 3 heterocycles. The smallest absolute Gasteiger partial charge is 0.266 e. The minimum atomic E-state index is -1.41. The molecule has 2 aliphatic heterocycles. The van der Waals surface area contributed by atoms with Gasteiger partial charge in [-0.05, 0) is 60.9 Å². The van der Waals surface area contributed by atoms with Crippen LogP contribution in [0.4, 0.5) is 4.39 Å². The Morgan fingerprint density at radius 3 is 2.56 bits per heavy atom. The van der Waals surface area contributed by atoms with Crippen LogP contribution in [0.5, 0.6) is 5.75 Å². The highest BCUT2D eigenvalue weighted by atomic mass is 19.1. The molecule has 1 aromatic heterocycles. The number of carbonyl (C=O) groups excluding carboxylic acids is 1. The van der Waals surface area contributed by atoms with Gasteiger partial charge in [0, 0.05) is 37.0 Å². The zero-order chi connectivity index (χ0) is 22.7. The molecular weight excluding hydrogens is 407 g/mol. The Morgan fingerprint density at radius 1 is 1.12 bits per heavy atom. The van der Waals surface area contributed by atoms with Crippen molar-refractivity contribution < 1.29 is 13.9 Å². The van der Waals surface area contributed by atoms with Gasteiger partial charge in [0.15, 0.2) is 11.5 Å². The van der Waals surface area contributed by atoms with Gasteiger partial charge in [-0.15, -0.1) is 0 Å². The minimum Gasteiger partial charge on any atom is -0.487 e. The number of amides is 1. The predicted molar refractivity (Wildman–Crippen MR) is 120 cm³/mol. The summed E-state index contributed by atoms with van der Waals surface area (Å²) in [7, 11) is 1.59. The van der Waals surface area contributed by atoms with E-state index in [1.807, 2.05) is 32.0 Å². The third kappa shape index (κ3) is 2.96. The Hall–Kier alpha value is -3.74. The largest absolute Gasteiger partial charge is 0.487 e. The molecule has 2 N–H and O–H groups in total. The maximum absolute atomic E-state index is 14.8. The summed E-state index contributed by atoms with van der Waals surface area (Å²) in [6.07, 6.45) is 3.92. The molecule has 7 heteroatoms. The summed E-state index contributed by atoms with van der Waals surface area (Å²) < 4.78 is 20.8. The number of benzene rings is 2. The molecule has 0 spiro atoms. The monoisotopic (exact) mass is 430 g/mol. The number of hydrogen-bond acceptors (Lipinski definition) is 5. The highest BCUT2D eigenvalue weighted by Crippen LogP contribution is 2.44. The van der Waals surface area contributed by atoms with Gasteiger partial charge in [-0.1, -0.05) is 18.2 Å². The van der Waals surface area contributed by atoms with E-state index in [0.717, 1.165) is 11.3 Å². The third-order valence-electron chi connectivity index (χ3n) is 6.08. The van der Waals surface area contributed by atoms with Crippen molar-refractivity contribution in [1.82, 2.24) is 9.88 Å². The molecule has 0 saturated heterocycles. The first kappa shape index (κ1) is 20.2. The number of rotatable bonds is 3. The topological polar surface area (TPSA) is 80.8 Å². The number of aromatic nitrogens is 1. The lowest BCUT2D eigenvalue weighted by molar-refractivity contribution is -0.129. The summed E-state index contributed by atoms with van der Waals surface area (Å²) in [4.78, 5) is 23.7. The van der Waals surface area contributed by atoms with Gasteiger partial charge in [-0.3, -0.25) is 14.7 Å². The van der Waals surface area contributed by atoms with Crippen LogP contribution < -0.4 is 10.5 Å². The average molecular weight is 430 g/mol. The first-order valence-corrected chi connectivity index (χ1v) is 10.4. The number of hydrogen-bond donors (Lipinski definition) is 1. The molecule has 0 bridgehead atoms. The van der Waals surface area contributed by atoms with Gasteiger partial charge < -0.3 is 10.5 Å². The maximum Gasteiger partial charge on any atom is 0.266 e. The Labute approximate surface area is 185 Å². The summed E-state index contributed by atoms with van der Waals surface area (Å²) in [5.74, 6) is 0.202. The van der Waals surface area contributed by atoms with E-state index in [1.54, 1.807) is 43.7 Å². The van der Waals surface area contributed by atoms with E-state index in [9.17, 15) is 9.18 Å². The number of carbonyl (C=O) groups is 1.